The summed E-state index contributed by atoms with van der Waals surface area (Å²) in [5.41, 5.74) is 1.75. The van der Waals surface area contributed by atoms with Crippen LogP contribution in [0.3, 0.4) is 0 Å². The van der Waals surface area contributed by atoms with Crippen molar-refractivity contribution in [2.45, 2.75) is 78.7 Å². The molecule has 1 aliphatic heterocycles. The van der Waals surface area contributed by atoms with Crippen molar-refractivity contribution < 1.29 is 14.3 Å². The lowest BCUT2D eigenvalue weighted by atomic mass is 9.91. The van der Waals surface area contributed by atoms with Gasteiger partial charge in [-0.25, -0.2) is 4.79 Å². The number of amides is 2. The molecule has 1 fully saturated rings. The lowest BCUT2D eigenvalue weighted by Gasteiger charge is -2.33. The summed E-state index contributed by atoms with van der Waals surface area (Å²) in [7, 11) is 0. The molecule has 0 spiro atoms. The van der Waals surface area contributed by atoms with Gasteiger partial charge < -0.3 is 15.0 Å². The molecule has 0 aliphatic carbocycles. The number of piperidine rings is 1. The summed E-state index contributed by atoms with van der Waals surface area (Å²) >= 11 is 0. The number of carbonyl (C=O) groups is 2. The van der Waals surface area contributed by atoms with E-state index in [1.165, 1.54) is 24.8 Å². The summed E-state index contributed by atoms with van der Waals surface area (Å²) < 4.78 is 5.46. The summed E-state index contributed by atoms with van der Waals surface area (Å²) in [6, 6.07) is 8.19. The van der Waals surface area contributed by atoms with Crippen molar-refractivity contribution in [3.8, 4) is 0 Å². The Labute approximate surface area is 176 Å². The molecule has 5 nitrogen and oxygen atoms in total. The average molecular weight is 403 g/mol. The molecule has 1 saturated heterocycles. The van der Waals surface area contributed by atoms with E-state index < -0.39 is 5.60 Å². The van der Waals surface area contributed by atoms with Crippen LogP contribution in [0, 0.1) is 11.8 Å². The molecule has 0 saturated carbocycles. The highest BCUT2D eigenvalue weighted by Crippen LogP contribution is 2.24. The number of nitrogens with zero attached hydrogens (tertiary/aromatic N) is 1. The second-order valence-corrected chi connectivity index (χ2v) is 9.50. The number of unbranched alkanes of at least 4 members (excludes halogenated alkanes) is 1. The number of likely N-dealkylation sites (tertiary alicyclic amines) is 1. The number of carbonyl (C=O) groups excluding carboxylic acids is 2. The number of ether oxygens (including phenoxy) is 1. The Kier molecular flexibility index (Phi) is 8.54. The van der Waals surface area contributed by atoms with Gasteiger partial charge in [0.05, 0.1) is 0 Å². The minimum Gasteiger partial charge on any atom is -0.444 e. The van der Waals surface area contributed by atoms with Gasteiger partial charge in [-0.1, -0.05) is 38.8 Å². The molecular formula is C24H38N2O3. The van der Waals surface area contributed by atoms with Gasteiger partial charge in [-0.15, -0.1) is 0 Å². The van der Waals surface area contributed by atoms with Crippen molar-refractivity contribution in [2.24, 2.45) is 11.8 Å². The van der Waals surface area contributed by atoms with E-state index in [-0.39, 0.29) is 17.9 Å². The van der Waals surface area contributed by atoms with Crippen LogP contribution in [-0.2, 0) is 16.0 Å². The molecule has 2 amide bonds. The second kappa shape index (κ2) is 10.7. The van der Waals surface area contributed by atoms with E-state index in [4.69, 9.17) is 4.74 Å². The van der Waals surface area contributed by atoms with Crippen LogP contribution in [0.1, 0.15) is 72.3 Å². The Balaban J connectivity index is 1.63. The van der Waals surface area contributed by atoms with E-state index in [0.717, 1.165) is 38.0 Å². The second-order valence-electron chi connectivity index (χ2n) is 9.50. The van der Waals surface area contributed by atoms with Crippen molar-refractivity contribution in [1.29, 1.82) is 0 Å². The van der Waals surface area contributed by atoms with E-state index in [0.29, 0.717) is 5.92 Å². The normalized spacial score (nSPS) is 15.4. The lowest BCUT2D eigenvalue weighted by molar-refractivity contribution is -0.118. The molecule has 1 N–H and O–H groups in total. The van der Waals surface area contributed by atoms with Crippen molar-refractivity contribution in [1.82, 2.24) is 4.90 Å². The standard InChI is InChI=1S/C24H38N2O3/c1-18(2)22(27)25-21-12-10-19(11-13-21)8-6-7-9-20-14-16-26(17-15-20)23(28)29-24(3,4)5/h10-13,18,20H,6-9,14-17H2,1-5H3,(H,25,27). The van der Waals surface area contributed by atoms with E-state index >= 15 is 0 Å². The fraction of sp³-hybridized carbons (Fsp3) is 0.667. The van der Waals surface area contributed by atoms with Crippen LogP contribution in [0.4, 0.5) is 10.5 Å². The monoisotopic (exact) mass is 402 g/mol. The first-order chi connectivity index (χ1) is 13.6. The molecule has 0 radical (unpaired) electrons. The molecule has 5 heteroatoms. The fourth-order valence-corrected chi connectivity index (χ4v) is 3.53. The third kappa shape index (κ3) is 8.46. The topological polar surface area (TPSA) is 58.6 Å². The molecule has 0 unspecified atom stereocenters. The van der Waals surface area contributed by atoms with Crippen LogP contribution in [0.2, 0.25) is 0 Å². The quantitative estimate of drug-likeness (QED) is 0.600. The van der Waals surface area contributed by atoms with Gasteiger partial charge in [0.1, 0.15) is 5.60 Å². The van der Waals surface area contributed by atoms with Crippen molar-refractivity contribution in [3.63, 3.8) is 0 Å². The van der Waals surface area contributed by atoms with Crippen LogP contribution < -0.4 is 5.32 Å². The van der Waals surface area contributed by atoms with Crippen LogP contribution in [0.5, 0.6) is 0 Å². The van der Waals surface area contributed by atoms with Gasteiger partial charge in [0, 0.05) is 24.7 Å². The number of aryl methyl sites for hydroxylation is 1. The molecular weight excluding hydrogens is 364 g/mol. The Bertz CT molecular complexity index is 654. The summed E-state index contributed by atoms with van der Waals surface area (Å²) in [4.78, 5) is 25.7. The molecule has 0 atom stereocenters. The number of anilines is 1. The van der Waals surface area contributed by atoms with Crippen LogP contribution in [0.25, 0.3) is 0 Å². The molecule has 29 heavy (non-hydrogen) atoms. The van der Waals surface area contributed by atoms with Crippen molar-refractivity contribution >= 4 is 17.7 Å². The third-order valence-electron chi connectivity index (χ3n) is 5.34. The molecule has 2 rings (SSSR count). The Morgan fingerprint density at radius 1 is 1.10 bits per heavy atom. The van der Waals surface area contributed by atoms with Crippen LogP contribution in [0.15, 0.2) is 24.3 Å². The molecule has 0 bridgehead atoms. The summed E-state index contributed by atoms with van der Waals surface area (Å²) in [6.07, 6.45) is 6.64. The van der Waals surface area contributed by atoms with Crippen molar-refractivity contribution in [3.05, 3.63) is 29.8 Å². The van der Waals surface area contributed by atoms with Gasteiger partial charge >= 0.3 is 6.09 Å². The Hall–Kier alpha value is -2.04. The fourth-order valence-electron chi connectivity index (χ4n) is 3.53. The van der Waals surface area contributed by atoms with Gasteiger partial charge in [-0.3, -0.25) is 4.79 Å². The predicted molar refractivity (Wildman–Crippen MR) is 118 cm³/mol. The zero-order valence-corrected chi connectivity index (χ0v) is 18.8. The van der Waals surface area contributed by atoms with Gasteiger partial charge in [0.25, 0.3) is 0 Å². The van der Waals surface area contributed by atoms with E-state index in [2.05, 4.69) is 17.4 Å². The van der Waals surface area contributed by atoms with E-state index in [1.54, 1.807) is 0 Å². The maximum Gasteiger partial charge on any atom is 0.410 e. The van der Waals surface area contributed by atoms with Crippen LogP contribution >= 0.6 is 0 Å². The highest BCUT2D eigenvalue weighted by Gasteiger charge is 2.26. The lowest BCUT2D eigenvalue weighted by Crippen LogP contribution is -2.41. The minimum atomic E-state index is -0.424. The zero-order valence-electron chi connectivity index (χ0n) is 18.8. The Morgan fingerprint density at radius 3 is 2.28 bits per heavy atom. The summed E-state index contributed by atoms with van der Waals surface area (Å²) in [6.45, 7) is 11.1. The molecule has 1 heterocycles. The third-order valence-corrected chi connectivity index (χ3v) is 5.34. The van der Waals surface area contributed by atoms with Crippen molar-refractivity contribution in [2.75, 3.05) is 18.4 Å². The average Bonchev–Trinajstić information content (AvgIpc) is 2.65. The molecule has 162 valence electrons. The molecule has 1 aromatic rings. The first kappa shape index (κ1) is 23.2. The van der Waals surface area contributed by atoms with E-state index in [1.807, 2.05) is 51.7 Å². The first-order valence-corrected chi connectivity index (χ1v) is 11.0. The maximum atomic E-state index is 12.1. The number of benzene rings is 1. The van der Waals surface area contributed by atoms with Gasteiger partial charge in [0.15, 0.2) is 0 Å². The molecule has 1 aliphatic rings. The molecule has 0 aromatic heterocycles. The van der Waals surface area contributed by atoms with Crippen LogP contribution in [-0.4, -0.2) is 35.6 Å². The van der Waals surface area contributed by atoms with Gasteiger partial charge in [0.2, 0.25) is 5.91 Å². The zero-order chi connectivity index (χ0) is 21.4. The summed E-state index contributed by atoms with van der Waals surface area (Å²) in [5, 5.41) is 2.93. The highest BCUT2D eigenvalue weighted by atomic mass is 16.6. The Morgan fingerprint density at radius 2 is 1.72 bits per heavy atom. The number of rotatable bonds is 7. The first-order valence-electron chi connectivity index (χ1n) is 11.0. The molecule has 1 aromatic carbocycles. The number of nitrogens with one attached hydrogen (secondary N) is 1. The minimum absolute atomic E-state index is 0.00863. The van der Waals surface area contributed by atoms with Gasteiger partial charge in [-0.05, 0) is 70.1 Å². The SMILES string of the molecule is CC(C)C(=O)Nc1ccc(CCCCC2CCN(C(=O)OC(C)(C)C)CC2)cc1. The number of hydrogen-bond acceptors (Lipinski definition) is 3. The smallest absolute Gasteiger partial charge is 0.410 e. The van der Waals surface area contributed by atoms with E-state index in [9.17, 15) is 9.59 Å². The highest BCUT2D eigenvalue weighted by molar-refractivity contribution is 5.92. The largest absolute Gasteiger partial charge is 0.444 e. The van der Waals surface area contributed by atoms with Gasteiger partial charge in [-0.2, -0.15) is 0 Å². The maximum absolute atomic E-state index is 12.1. The predicted octanol–water partition coefficient (Wildman–Crippen LogP) is 5.64. The summed E-state index contributed by atoms with van der Waals surface area (Å²) in [5.74, 6) is 0.753. The number of hydrogen-bond donors (Lipinski definition) is 1.